The number of anilines is 1. The van der Waals surface area contributed by atoms with E-state index in [0.29, 0.717) is 22.1 Å². The van der Waals surface area contributed by atoms with E-state index >= 15 is 0 Å². The lowest BCUT2D eigenvalue weighted by molar-refractivity contribution is -0.111. The third-order valence-corrected chi connectivity index (χ3v) is 4.41. The predicted octanol–water partition coefficient (Wildman–Crippen LogP) is 5.50. The van der Waals surface area contributed by atoms with Gasteiger partial charge in [-0.15, -0.1) is 0 Å². The minimum Gasteiger partial charge on any atom is -0.434 e. The average Bonchev–Trinajstić information content (AvgIpc) is 3.12. The number of benzene rings is 2. The molecule has 0 bridgehead atoms. The molecule has 0 aliphatic rings. The van der Waals surface area contributed by atoms with Gasteiger partial charge in [-0.25, -0.2) is 4.98 Å². The van der Waals surface area contributed by atoms with Crippen LogP contribution in [0.4, 0.5) is 5.69 Å². The summed E-state index contributed by atoms with van der Waals surface area (Å²) < 4.78 is 5.74. The van der Waals surface area contributed by atoms with Crippen molar-refractivity contribution < 1.29 is 9.21 Å². The predicted molar refractivity (Wildman–Crippen MR) is 111 cm³/mol. The highest BCUT2D eigenvalue weighted by Crippen LogP contribution is 2.26. The first-order valence-corrected chi connectivity index (χ1v) is 9.03. The maximum Gasteiger partial charge on any atom is 0.248 e. The summed E-state index contributed by atoms with van der Waals surface area (Å²) in [5.41, 5.74) is 4.51. The van der Waals surface area contributed by atoms with E-state index in [1.54, 1.807) is 30.5 Å². The standard InChI is InChI=1S/C22H16ClN3O2/c1-14-12-16(22-26-21-19(28-22)6-3-11-24-21)8-9-18(14)25-20(27)10-7-15-4-2-5-17(23)13-15/h2-13H,1H3,(H,25,27). The normalized spacial score (nSPS) is 11.2. The fourth-order valence-electron chi connectivity index (χ4n) is 2.79. The number of nitrogens with zero attached hydrogens (tertiary/aromatic N) is 2. The Morgan fingerprint density at radius 3 is 2.82 bits per heavy atom. The van der Waals surface area contributed by atoms with Crippen LogP contribution in [0.1, 0.15) is 11.1 Å². The van der Waals surface area contributed by atoms with E-state index in [-0.39, 0.29) is 5.91 Å². The second kappa shape index (κ2) is 7.66. The number of aryl methyl sites for hydroxylation is 1. The Morgan fingerprint density at radius 2 is 2.04 bits per heavy atom. The number of carbonyl (C=O) groups excluding carboxylic acids is 1. The van der Waals surface area contributed by atoms with Crippen LogP contribution in [0, 0.1) is 6.92 Å². The molecule has 0 aliphatic carbocycles. The van der Waals surface area contributed by atoms with Gasteiger partial charge in [0.1, 0.15) is 0 Å². The Hall–Kier alpha value is -3.44. The van der Waals surface area contributed by atoms with E-state index in [0.717, 1.165) is 22.4 Å². The van der Waals surface area contributed by atoms with Gasteiger partial charge in [0.15, 0.2) is 11.2 Å². The number of pyridine rings is 1. The van der Waals surface area contributed by atoms with E-state index < -0.39 is 0 Å². The zero-order valence-electron chi connectivity index (χ0n) is 15.0. The fraction of sp³-hybridized carbons (Fsp3) is 0.0455. The van der Waals surface area contributed by atoms with Crippen LogP contribution in [0.25, 0.3) is 28.8 Å². The SMILES string of the molecule is Cc1cc(-c2nc3ncccc3o2)ccc1NC(=O)C=Cc1cccc(Cl)c1. The van der Waals surface area contributed by atoms with Gasteiger partial charge in [0.25, 0.3) is 0 Å². The van der Waals surface area contributed by atoms with Gasteiger partial charge < -0.3 is 9.73 Å². The molecule has 2 heterocycles. The fourth-order valence-corrected chi connectivity index (χ4v) is 2.98. The third-order valence-electron chi connectivity index (χ3n) is 4.17. The van der Waals surface area contributed by atoms with Crippen LogP contribution >= 0.6 is 11.6 Å². The third kappa shape index (κ3) is 3.94. The Kier molecular flexibility index (Phi) is 4.91. The summed E-state index contributed by atoms with van der Waals surface area (Å²) in [5.74, 6) is 0.275. The molecule has 4 aromatic rings. The summed E-state index contributed by atoms with van der Waals surface area (Å²) in [6.07, 6.45) is 4.87. The molecule has 0 saturated carbocycles. The summed E-state index contributed by atoms with van der Waals surface area (Å²) in [5, 5.41) is 3.51. The summed E-state index contributed by atoms with van der Waals surface area (Å²) in [7, 11) is 0. The Bertz CT molecular complexity index is 1160. The molecule has 0 spiro atoms. The van der Waals surface area contributed by atoms with Gasteiger partial charge in [0.2, 0.25) is 11.8 Å². The molecule has 6 heteroatoms. The molecule has 1 N–H and O–H groups in total. The summed E-state index contributed by atoms with van der Waals surface area (Å²) >= 11 is 5.95. The minimum atomic E-state index is -0.220. The number of aromatic nitrogens is 2. The lowest BCUT2D eigenvalue weighted by atomic mass is 10.1. The average molecular weight is 390 g/mol. The first kappa shape index (κ1) is 17.9. The number of nitrogens with one attached hydrogen (secondary N) is 1. The second-order valence-corrected chi connectivity index (χ2v) is 6.69. The van der Waals surface area contributed by atoms with E-state index in [1.807, 2.05) is 43.3 Å². The maximum absolute atomic E-state index is 12.2. The van der Waals surface area contributed by atoms with Crippen LogP contribution in [-0.2, 0) is 4.79 Å². The topological polar surface area (TPSA) is 68.0 Å². The van der Waals surface area contributed by atoms with Gasteiger partial charge in [-0.1, -0.05) is 23.7 Å². The zero-order chi connectivity index (χ0) is 19.5. The van der Waals surface area contributed by atoms with Crippen molar-refractivity contribution in [3.63, 3.8) is 0 Å². The summed E-state index contributed by atoms with van der Waals surface area (Å²) in [4.78, 5) is 20.8. The minimum absolute atomic E-state index is 0.220. The van der Waals surface area contributed by atoms with Crippen molar-refractivity contribution in [1.29, 1.82) is 0 Å². The van der Waals surface area contributed by atoms with Crippen molar-refractivity contribution in [1.82, 2.24) is 9.97 Å². The molecule has 4 rings (SSSR count). The van der Waals surface area contributed by atoms with Crippen LogP contribution in [-0.4, -0.2) is 15.9 Å². The summed E-state index contributed by atoms with van der Waals surface area (Å²) in [6, 6.07) is 16.5. The molecule has 1 amide bonds. The lowest BCUT2D eigenvalue weighted by Crippen LogP contribution is -2.08. The van der Waals surface area contributed by atoms with Gasteiger partial charge in [-0.05, 0) is 66.6 Å². The van der Waals surface area contributed by atoms with Crippen molar-refractivity contribution in [3.8, 4) is 11.5 Å². The van der Waals surface area contributed by atoms with Gasteiger partial charge in [0, 0.05) is 28.5 Å². The highest BCUT2D eigenvalue weighted by molar-refractivity contribution is 6.30. The number of fused-ring (bicyclic) bond motifs is 1. The first-order valence-electron chi connectivity index (χ1n) is 8.66. The Labute approximate surface area is 166 Å². The smallest absolute Gasteiger partial charge is 0.248 e. The van der Waals surface area contributed by atoms with E-state index in [1.165, 1.54) is 6.08 Å². The highest BCUT2D eigenvalue weighted by Gasteiger charge is 2.10. The molecule has 0 fully saturated rings. The first-order chi connectivity index (χ1) is 13.6. The quantitative estimate of drug-likeness (QED) is 0.468. The largest absolute Gasteiger partial charge is 0.434 e. The molecule has 0 unspecified atom stereocenters. The maximum atomic E-state index is 12.2. The number of halogens is 1. The number of carbonyl (C=O) groups is 1. The van der Waals surface area contributed by atoms with Gasteiger partial charge in [-0.2, -0.15) is 4.98 Å². The highest BCUT2D eigenvalue weighted by atomic mass is 35.5. The molecular weight excluding hydrogens is 374 g/mol. The second-order valence-electron chi connectivity index (χ2n) is 6.25. The molecule has 0 saturated heterocycles. The van der Waals surface area contributed by atoms with Crippen LogP contribution < -0.4 is 5.32 Å². The molecule has 28 heavy (non-hydrogen) atoms. The van der Waals surface area contributed by atoms with Crippen molar-refractivity contribution in [3.05, 3.63) is 83.0 Å². The Balaban J connectivity index is 1.50. The van der Waals surface area contributed by atoms with Gasteiger partial charge in [0.05, 0.1) is 0 Å². The molecule has 138 valence electrons. The molecule has 0 radical (unpaired) electrons. The number of hydrogen-bond acceptors (Lipinski definition) is 4. The Morgan fingerprint density at radius 1 is 1.14 bits per heavy atom. The molecular formula is C22H16ClN3O2. The van der Waals surface area contributed by atoms with Crippen LogP contribution in [0.3, 0.4) is 0 Å². The van der Waals surface area contributed by atoms with Crippen LogP contribution in [0.15, 0.2) is 71.3 Å². The summed E-state index contributed by atoms with van der Waals surface area (Å²) in [6.45, 7) is 1.92. The molecule has 5 nitrogen and oxygen atoms in total. The van der Waals surface area contributed by atoms with Gasteiger partial charge in [-0.3, -0.25) is 4.79 Å². The molecule has 0 aliphatic heterocycles. The monoisotopic (exact) mass is 389 g/mol. The van der Waals surface area contributed by atoms with Crippen molar-refractivity contribution in [2.75, 3.05) is 5.32 Å². The number of amides is 1. The van der Waals surface area contributed by atoms with Crippen LogP contribution in [0.2, 0.25) is 5.02 Å². The van der Waals surface area contributed by atoms with E-state index in [2.05, 4.69) is 15.3 Å². The van der Waals surface area contributed by atoms with Crippen molar-refractivity contribution >= 4 is 40.5 Å². The number of oxazole rings is 1. The molecule has 2 aromatic carbocycles. The van der Waals surface area contributed by atoms with E-state index in [9.17, 15) is 4.79 Å². The van der Waals surface area contributed by atoms with Crippen molar-refractivity contribution in [2.45, 2.75) is 6.92 Å². The van der Waals surface area contributed by atoms with Gasteiger partial charge >= 0.3 is 0 Å². The van der Waals surface area contributed by atoms with Crippen LogP contribution in [0.5, 0.6) is 0 Å². The van der Waals surface area contributed by atoms with Crippen molar-refractivity contribution in [2.24, 2.45) is 0 Å². The van der Waals surface area contributed by atoms with E-state index in [4.69, 9.17) is 16.0 Å². The molecule has 2 aromatic heterocycles. The number of hydrogen-bond donors (Lipinski definition) is 1. The lowest BCUT2D eigenvalue weighted by Gasteiger charge is -2.07. The number of rotatable bonds is 4. The zero-order valence-corrected chi connectivity index (χ0v) is 15.8. The molecule has 0 atom stereocenters.